The molecule has 1 nitrogen and oxygen atoms in total. The van der Waals surface area contributed by atoms with Gasteiger partial charge in [0.15, 0.2) is 0 Å². The summed E-state index contributed by atoms with van der Waals surface area (Å²) in [6, 6.07) is 7.26. The van der Waals surface area contributed by atoms with Gasteiger partial charge in [0.2, 0.25) is 0 Å². The molecule has 1 aliphatic rings. The quantitative estimate of drug-likeness (QED) is 0.717. The van der Waals surface area contributed by atoms with Crippen LogP contribution in [0.5, 0.6) is 0 Å². The topological polar surface area (TPSA) is 12.0 Å². The number of thioether (sulfide) groups is 1. The maximum absolute atomic E-state index is 3.76. The van der Waals surface area contributed by atoms with Gasteiger partial charge in [0.1, 0.15) is 0 Å². The molecule has 1 N–H and O–H groups in total. The molecule has 0 aromatic heterocycles. The average molecular weight is 356 g/mol. The fraction of sp³-hybridized carbons (Fsp3) is 0.647. The van der Waals surface area contributed by atoms with Gasteiger partial charge in [-0.05, 0) is 65.9 Å². The molecule has 0 heterocycles. The first-order valence-corrected chi connectivity index (χ1v) is 9.47. The number of hydrogen-bond donors (Lipinski definition) is 1. The summed E-state index contributed by atoms with van der Waals surface area (Å²) in [5, 5.41) is 4.27. The first kappa shape index (κ1) is 16.4. The molecule has 20 heavy (non-hydrogen) atoms. The Hall–Kier alpha value is 0.01000. The third-order valence-electron chi connectivity index (χ3n) is 4.15. The van der Waals surface area contributed by atoms with E-state index in [1.807, 2.05) is 0 Å². The van der Waals surface area contributed by atoms with E-state index in [4.69, 9.17) is 0 Å². The molecule has 1 fully saturated rings. The molecule has 1 aromatic carbocycles. The van der Waals surface area contributed by atoms with Crippen LogP contribution < -0.4 is 5.32 Å². The summed E-state index contributed by atoms with van der Waals surface area (Å²) in [5.41, 5.74) is 1.36. The summed E-state index contributed by atoms with van der Waals surface area (Å²) in [7, 11) is 0. The van der Waals surface area contributed by atoms with E-state index in [0.717, 1.165) is 17.7 Å². The fourth-order valence-corrected chi connectivity index (χ4v) is 5.03. The highest BCUT2D eigenvalue weighted by Gasteiger charge is 2.20. The molecule has 0 aliphatic heterocycles. The van der Waals surface area contributed by atoms with Gasteiger partial charge in [0, 0.05) is 20.7 Å². The monoisotopic (exact) mass is 355 g/mol. The molecule has 3 atom stereocenters. The third kappa shape index (κ3) is 4.51. The van der Waals surface area contributed by atoms with Crippen LogP contribution in [0.1, 0.15) is 58.1 Å². The van der Waals surface area contributed by atoms with Gasteiger partial charge in [0.05, 0.1) is 0 Å². The minimum absolute atomic E-state index is 0.421. The summed E-state index contributed by atoms with van der Waals surface area (Å²) in [4.78, 5) is 1.40. The van der Waals surface area contributed by atoms with Crippen molar-refractivity contribution in [1.82, 2.24) is 5.32 Å². The van der Waals surface area contributed by atoms with E-state index in [2.05, 4.69) is 72.0 Å². The van der Waals surface area contributed by atoms with Gasteiger partial charge in [-0.3, -0.25) is 0 Å². The molecular weight excluding hydrogens is 330 g/mol. The second-order valence-corrected chi connectivity index (χ2v) is 8.18. The smallest absolute Gasteiger partial charge is 0.0314 e. The summed E-state index contributed by atoms with van der Waals surface area (Å²) in [6.45, 7) is 7.78. The van der Waals surface area contributed by atoms with E-state index in [9.17, 15) is 0 Å². The van der Waals surface area contributed by atoms with Gasteiger partial charge in [-0.15, -0.1) is 11.8 Å². The van der Waals surface area contributed by atoms with Gasteiger partial charge in [-0.2, -0.15) is 0 Å². The van der Waals surface area contributed by atoms with E-state index in [-0.39, 0.29) is 0 Å². The lowest BCUT2D eigenvalue weighted by molar-refractivity contribution is 0.394. The number of benzene rings is 1. The van der Waals surface area contributed by atoms with Crippen LogP contribution in [0.3, 0.4) is 0 Å². The summed E-state index contributed by atoms with van der Waals surface area (Å²) >= 11 is 5.82. The van der Waals surface area contributed by atoms with Crippen LogP contribution in [0.25, 0.3) is 0 Å². The van der Waals surface area contributed by atoms with Crippen LogP contribution in [0.15, 0.2) is 27.6 Å². The standard InChI is InChI=1S/C17H26BrNS/c1-4-19-13(3)14-8-9-17(16(18)11-14)20-15-7-5-6-12(2)10-15/h8-9,11-13,15,19H,4-7,10H2,1-3H3. The molecule has 0 spiro atoms. The molecule has 0 radical (unpaired) electrons. The highest BCUT2D eigenvalue weighted by atomic mass is 79.9. The maximum Gasteiger partial charge on any atom is 0.0314 e. The van der Waals surface area contributed by atoms with Crippen LogP contribution in [-0.2, 0) is 0 Å². The Kier molecular flexibility index (Phi) is 6.44. The Morgan fingerprint density at radius 2 is 2.20 bits per heavy atom. The van der Waals surface area contributed by atoms with Gasteiger partial charge >= 0.3 is 0 Å². The normalized spacial score (nSPS) is 24.6. The van der Waals surface area contributed by atoms with Gasteiger partial charge < -0.3 is 5.32 Å². The molecule has 0 bridgehead atoms. The molecule has 3 heteroatoms. The lowest BCUT2D eigenvalue weighted by Crippen LogP contribution is -2.17. The van der Waals surface area contributed by atoms with E-state index in [0.29, 0.717) is 6.04 Å². The molecule has 2 rings (SSSR count). The minimum atomic E-state index is 0.421. The number of rotatable bonds is 5. The molecule has 1 aliphatic carbocycles. The SMILES string of the molecule is CCNC(C)c1ccc(SC2CCCC(C)C2)c(Br)c1. The number of nitrogens with one attached hydrogen (secondary N) is 1. The van der Waals surface area contributed by atoms with Crippen LogP contribution in [0, 0.1) is 5.92 Å². The van der Waals surface area contributed by atoms with E-state index in [1.54, 1.807) is 0 Å². The summed E-state index contributed by atoms with van der Waals surface area (Å²) < 4.78 is 1.25. The van der Waals surface area contributed by atoms with Gasteiger partial charge in [-0.1, -0.05) is 32.8 Å². The summed E-state index contributed by atoms with van der Waals surface area (Å²) in [6.07, 6.45) is 5.55. The average Bonchev–Trinajstić information content (AvgIpc) is 2.41. The first-order chi connectivity index (χ1) is 9.60. The first-order valence-electron chi connectivity index (χ1n) is 7.79. The lowest BCUT2D eigenvalue weighted by Gasteiger charge is -2.26. The predicted octanol–water partition coefficient (Wildman–Crippen LogP) is 5.79. The van der Waals surface area contributed by atoms with Crippen molar-refractivity contribution < 1.29 is 0 Å². The van der Waals surface area contributed by atoms with Gasteiger partial charge in [0.25, 0.3) is 0 Å². The van der Waals surface area contributed by atoms with E-state index < -0.39 is 0 Å². The van der Waals surface area contributed by atoms with Crippen molar-refractivity contribution in [2.24, 2.45) is 5.92 Å². The Labute approximate surface area is 136 Å². The third-order valence-corrected chi connectivity index (χ3v) is 6.44. The lowest BCUT2D eigenvalue weighted by atomic mass is 9.91. The van der Waals surface area contributed by atoms with Crippen molar-refractivity contribution in [2.45, 2.75) is 62.6 Å². The largest absolute Gasteiger partial charge is 0.310 e. The van der Waals surface area contributed by atoms with Crippen molar-refractivity contribution in [2.75, 3.05) is 6.54 Å². The molecule has 0 amide bonds. The van der Waals surface area contributed by atoms with Crippen LogP contribution in [-0.4, -0.2) is 11.8 Å². The Bertz CT molecular complexity index is 435. The second-order valence-electron chi connectivity index (χ2n) is 5.98. The zero-order valence-corrected chi connectivity index (χ0v) is 15.2. The molecule has 1 saturated carbocycles. The molecular formula is C17H26BrNS. The highest BCUT2D eigenvalue weighted by Crippen LogP contribution is 2.39. The van der Waals surface area contributed by atoms with Crippen molar-refractivity contribution in [1.29, 1.82) is 0 Å². The predicted molar refractivity (Wildman–Crippen MR) is 93.5 cm³/mol. The van der Waals surface area contributed by atoms with Crippen molar-refractivity contribution >= 4 is 27.7 Å². The van der Waals surface area contributed by atoms with Crippen LogP contribution >= 0.6 is 27.7 Å². The van der Waals surface area contributed by atoms with Crippen molar-refractivity contribution in [3.63, 3.8) is 0 Å². The van der Waals surface area contributed by atoms with Crippen molar-refractivity contribution in [3.8, 4) is 0 Å². The fourth-order valence-electron chi connectivity index (χ4n) is 2.97. The summed E-state index contributed by atoms with van der Waals surface area (Å²) in [5.74, 6) is 0.896. The maximum atomic E-state index is 3.76. The highest BCUT2D eigenvalue weighted by molar-refractivity contribution is 9.10. The zero-order valence-electron chi connectivity index (χ0n) is 12.8. The molecule has 0 saturated heterocycles. The second kappa shape index (κ2) is 7.86. The van der Waals surface area contributed by atoms with E-state index in [1.165, 1.54) is 40.6 Å². The number of halogens is 1. The van der Waals surface area contributed by atoms with Crippen LogP contribution in [0.4, 0.5) is 0 Å². The molecule has 1 aromatic rings. The van der Waals surface area contributed by atoms with Crippen LogP contribution in [0.2, 0.25) is 0 Å². The van der Waals surface area contributed by atoms with Gasteiger partial charge in [-0.25, -0.2) is 0 Å². The van der Waals surface area contributed by atoms with E-state index >= 15 is 0 Å². The molecule has 112 valence electrons. The Balaban J connectivity index is 2.02. The minimum Gasteiger partial charge on any atom is -0.310 e. The Morgan fingerprint density at radius 1 is 1.40 bits per heavy atom. The molecule has 3 unspecified atom stereocenters. The Morgan fingerprint density at radius 3 is 2.85 bits per heavy atom. The number of hydrogen-bond acceptors (Lipinski definition) is 2. The van der Waals surface area contributed by atoms with Crippen molar-refractivity contribution in [3.05, 3.63) is 28.2 Å². The zero-order chi connectivity index (χ0) is 14.5.